The first-order valence-corrected chi connectivity index (χ1v) is 6.14. The van der Waals surface area contributed by atoms with E-state index in [2.05, 4.69) is 0 Å². The fourth-order valence-electron chi connectivity index (χ4n) is 2.44. The molecule has 0 saturated carbocycles. The molecule has 1 aliphatic carbocycles. The smallest absolute Gasteiger partial charge is 0.318 e. The van der Waals surface area contributed by atoms with E-state index >= 15 is 0 Å². The van der Waals surface area contributed by atoms with Gasteiger partial charge in [0.15, 0.2) is 0 Å². The first-order chi connectivity index (χ1) is 9.84. The molecule has 6 heteroatoms. The molecule has 1 aliphatic rings. The van der Waals surface area contributed by atoms with Gasteiger partial charge in [-0.25, -0.2) is 4.39 Å². The molecule has 0 unspecified atom stereocenters. The number of halogens is 4. The van der Waals surface area contributed by atoms with E-state index in [4.69, 9.17) is 0 Å². The van der Waals surface area contributed by atoms with E-state index in [0.717, 1.165) is 22.3 Å². The molecule has 3 rings (SSSR count). The van der Waals surface area contributed by atoms with Gasteiger partial charge in [-0.15, -0.1) is 0 Å². The third-order valence-corrected chi connectivity index (χ3v) is 3.36. The van der Waals surface area contributed by atoms with Crippen molar-refractivity contribution in [3.05, 3.63) is 53.3 Å². The molecule has 1 N–H and O–H groups in total. The van der Waals surface area contributed by atoms with Crippen LogP contribution in [0.1, 0.15) is 11.1 Å². The minimum absolute atomic E-state index is 0.0735. The summed E-state index contributed by atoms with van der Waals surface area (Å²) in [5, 5.41) is 1.81. The Labute approximate surface area is 117 Å². The standard InChI is InChI=1S/C15H9F4NO/c16-10-2-1-8-5-9-6-11(20-14(21)15(17,18)19)3-4-12(9)13(8)7-10/h1-4,6-7H,5H2,(H,20,21). The lowest BCUT2D eigenvalue weighted by Gasteiger charge is -2.09. The Morgan fingerprint density at radius 2 is 1.76 bits per heavy atom. The molecule has 2 nitrogen and oxygen atoms in total. The van der Waals surface area contributed by atoms with E-state index in [1.807, 2.05) is 5.32 Å². The third kappa shape index (κ3) is 2.49. The normalized spacial score (nSPS) is 12.8. The summed E-state index contributed by atoms with van der Waals surface area (Å²) in [6.07, 6.45) is -4.42. The maximum atomic E-state index is 13.3. The van der Waals surface area contributed by atoms with Crippen LogP contribution in [0.4, 0.5) is 23.2 Å². The molecule has 0 spiro atoms. The topological polar surface area (TPSA) is 29.1 Å². The molecule has 0 aliphatic heterocycles. The van der Waals surface area contributed by atoms with Crippen LogP contribution in [-0.4, -0.2) is 12.1 Å². The van der Waals surface area contributed by atoms with Crippen molar-refractivity contribution in [3.63, 3.8) is 0 Å². The van der Waals surface area contributed by atoms with E-state index in [9.17, 15) is 22.4 Å². The second-order valence-electron chi connectivity index (χ2n) is 4.80. The first kappa shape index (κ1) is 13.6. The third-order valence-electron chi connectivity index (χ3n) is 3.36. The predicted molar refractivity (Wildman–Crippen MR) is 69.3 cm³/mol. The minimum atomic E-state index is -4.93. The SMILES string of the molecule is O=C(Nc1ccc2c(c1)Cc1ccc(F)cc1-2)C(F)(F)F. The van der Waals surface area contributed by atoms with Crippen molar-refractivity contribution in [1.29, 1.82) is 0 Å². The van der Waals surface area contributed by atoms with Gasteiger partial charge >= 0.3 is 12.1 Å². The average molecular weight is 295 g/mol. The molecule has 0 bridgehead atoms. The summed E-state index contributed by atoms with van der Waals surface area (Å²) in [7, 11) is 0. The van der Waals surface area contributed by atoms with Crippen molar-refractivity contribution < 1.29 is 22.4 Å². The molecule has 2 aromatic rings. The lowest BCUT2D eigenvalue weighted by atomic mass is 10.1. The number of hydrogen-bond acceptors (Lipinski definition) is 1. The summed E-state index contributed by atoms with van der Waals surface area (Å²) in [4.78, 5) is 10.9. The van der Waals surface area contributed by atoms with E-state index < -0.39 is 12.1 Å². The molecule has 108 valence electrons. The number of alkyl halides is 3. The van der Waals surface area contributed by atoms with Gasteiger partial charge in [0.2, 0.25) is 0 Å². The lowest BCUT2D eigenvalue weighted by molar-refractivity contribution is -0.167. The summed E-state index contributed by atoms with van der Waals surface area (Å²) in [6, 6.07) is 8.84. The summed E-state index contributed by atoms with van der Waals surface area (Å²) in [5.41, 5.74) is 3.25. The Morgan fingerprint density at radius 1 is 1.00 bits per heavy atom. The number of fused-ring (bicyclic) bond motifs is 3. The fourth-order valence-corrected chi connectivity index (χ4v) is 2.44. The van der Waals surface area contributed by atoms with E-state index in [0.29, 0.717) is 6.42 Å². The van der Waals surface area contributed by atoms with E-state index in [-0.39, 0.29) is 11.5 Å². The summed E-state index contributed by atoms with van der Waals surface area (Å²) in [6.45, 7) is 0. The van der Waals surface area contributed by atoms with Crippen LogP contribution in [0.2, 0.25) is 0 Å². The maximum absolute atomic E-state index is 13.3. The molecule has 2 aromatic carbocycles. The highest BCUT2D eigenvalue weighted by atomic mass is 19.4. The number of nitrogens with one attached hydrogen (secondary N) is 1. The van der Waals surface area contributed by atoms with Gasteiger partial charge in [0, 0.05) is 5.69 Å². The van der Waals surface area contributed by atoms with Crippen molar-refractivity contribution in [3.8, 4) is 11.1 Å². The number of anilines is 1. The first-order valence-electron chi connectivity index (χ1n) is 6.14. The van der Waals surface area contributed by atoms with Gasteiger partial charge < -0.3 is 5.32 Å². The minimum Gasteiger partial charge on any atom is -0.318 e. The highest BCUT2D eigenvalue weighted by Crippen LogP contribution is 2.38. The Hall–Kier alpha value is -2.37. The quantitative estimate of drug-likeness (QED) is 0.678. The Kier molecular flexibility index (Phi) is 2.97. The molecule has 0 heterocycles. The molecule has 0 radical (unpaired) electrons. The van der Waals surface area contributed by atoms with Crippen LogP contribution in [0, 0.1) is 5.82 Å². The van der Waals surface area contributed by atoms with Crippen LogP contribution in [0.5, 0.6) is 0 Å². The lowest BCUT2D eigenvalue weighted by Crippen LogP contribution is -2.29. The predicted octanol–water partition coefficient (Wildman–Crippen LogP) is 3.90. The summed E-state index contributed by atoms with van der Waals surface area (Å²) < 4.78 is 49.9. The molecule has 21 heavy (non-hydrogen) atoms. The van der Waals surface area contributed by atoms with E-state index in [1.54, 1.807) is 12.1 Å². The van der Waals surface area contributed by atoms with Crippen LogP contribution in [-0.2, 0) is 11.2 Å². The fraction of sp³-hybridized carbons (Fsp3) is 0.133. The molecular formula is C15H9F4NO. The van der Waals surface area contributed by atoms with Crippen LogP contribution in [0.15, 0.2) is 36.4 Å². The molecule has 0 atom stereocenters. The van der Waals surface area contributed by atoms with Crippen molar-refractivity contribution in [2.24, 2.45) is 0 Å². The molecule has 0 fully saturated rings. The zero-order valence-electron chi connectivity index (χ0n) is 10.6. The van der Waals surface area contributed by atoms with Crippen LogP contribution < -0.4 is 5.32 Å². The van der Waals surface area contributed by atoms with Crippen molar-refractivity contribution in [1.82, 2.24) is 0 Å². The Bertz CT molecular complexity index is 737. The van der Waals surface area contributed by atoms with Crippen molar-refractivity contribution in [2.75, 3.05) is 5.32 Å². The van der Waals surface area contributed by atoms with Gasteiger partial charge in [0.25, 0.3) is 0 Å². The Morgan fingerprint density at radius 3 is 2.48 bits per heavy atom. The summed E-state index contributed by atoms with van der Waals surface area (Å²) in [5.74, 6) is -2.37. The number of carbonyl (C=O) groups is 1. The maximum Gasteiger partial charge on any atom is 0.471 e. The number of benzene rings is 2. The number of rotatable bonds is 1. The van der Waals surface area contributed by atoms with Gasteiger partial charge in [-0.3, -0.25) is 4.79 Å². The average Bonchev–Trinajstić information content (AvgIpc) is 2.74. The van der Waals surface area contributed by atoms with Crippen LogP contribution in [0.3, 0.4) is 0 Å². The largest absolute Gasteiger partial charge is 0.471 e. The molecular weight excluding hydrogens is 286 g/mol. The van der Waals surface area contributed by atoms with Gasteiger partial charge in [-0.05, 0) is 52.9 Å². The van der Waals surface area contributed by atoms with Gasteiger partial charge in [-0.1, -0.05) is 12.1 Å². The van der Waals surface area contributed by atoms with Gasteiger partial charge in [-0.2, -0.15) is 13.2 Å². The van der Waals surface area contributed by atoms with Crippen LogP contribution in [0.25, 0.3) is 11.1 Å². The van der Waals surface area contributed by atoms with Crippen LogP contribution >= 0.6 is 0 Å². The monoisotopic (exact) mass is 295 g/mol. The second kappa shape index (κ2) is 4.58. The van der Waals surface area contributed by atoms with Gasteiger partial charge in [0.05, 0.1) is 0 Å². The van der Waals surface area contributed by atoms with E-state index in [1.165, 1.54) is 24.3 Å². The summed E-state index contributed by atoms with van der Waals surface area (Å²) >= 11 is 0. The number of carbonyl (C=O) groups excluding carboxylic acids is 1. The van der Waals surface area contributed by atoms with Crippen molar-refractivity contribution >= 4 is 11.6 Å². The number of amides is 1. The molecule has 0 aromatic heterocycles. The molecule has 0 saturated heterocycles. The highest BCUT2D eigenvalue weighted by Gasteiger charge is 2.38. The molecule has 1 amide bonds. The highest BCUT2D eigenvalue weighted by molar-refractivity contribution is 5.95. The zero-order chi connectivity index (χ0) is 15.2. The second-order valence-corrected chi connectivity index (χ2v) is 4.80. The zero-order valence-corrected chi connectivity index (χ0v) is 10.6. The van der Waals surface area contributed by atoms with Gasteiger partial charge in [0.1, 0.15) is 5.82 Å². The number of hydrogen-bond donors (Lipinski definition) is 1. The van der Waals surface area contributed by atoms with Crippen molar-refractivity contribution in [2.45, 2.75) is 12.6 Å². The Balaban J connectivity index is 1.91.